The van der Waals surface area contributed by atoms with Gasteiger partial charge in [0.1, 0.15) is 5.82 Å². The zero-order valence-corrected chi connectivity index (χ0v) is 14.3. The molecular formula is C19H28FN3O. The van der Waals surface area contributed by atoms with Gasteiger partial charge in [0, 0.05) is 37.8 Å². The third-order valence-electron chi connectivity index (χ3n) is 5.65. The van der Waals surface area contributed by atoms with Crippen LogP contribution in [0.15, 0.2) is 24.3 Å². The molecule has 0 aromatic heterocycles. The van der Waals surface area contributed by atoms with Crippen molar-refractivity contribution in [1.29, 1.82) is 0 Å². The molecule has 2 aliphatic rings. The topological polar surface area (TPSA) is 49.6 Å². The van der Waals surface area contributed by atoms with Crippen molar-refractivity contribution in [2.45, 2.75) is 32.1 Å². The zero-order valence-electron chi connectivity index (χ0n) is 14.3. The van der Waals surface area contributed by atoms with Crippen molar-refractivity contribution in [3.63, 3.8) is 0 Å². The molecule has 2 fully saturated rings. The number of anilines is 1. The minimum Gasteiger partial charge on any atom is -0.369 e. The molecule has 0 spiro atoms. The third-order valence-corrected chi connectivity index (χ3v) is 5.65. The number of benzene rings is 1. The quantitative estimate of drug-likeness (QED) is 0.901. The van der Waals surface area contributed by atoms with Crippen molar-refractivity contribution < 1.29 is 9.18 Å². The summed E-state index contributed by atoms with van der Waals surface area (Å²) >= 11 is 0. The normalized spacial score (nSPS) is 25.6. The highest BCUT2D eigenvalue weighted by Gasteiger charge is 2.25. The molecule has 1 aliphatic carbocycles. The maximum absolute atomic E-state index is 13.3. The van der Waals surface area contributed by atoms with Crippen LogP contribution in [0.3, 0.4) is 0 Å². The second kappa shape index (κ2) is 7.97. The number of hydrogen-bond donors (Lipinski definition) is 1. The minimum absolute atomic E-state index is 0.107. The number of halogens is 1. The van der Waals surface area contributed by atoms with Crippen LogP contribution >= 0.6 is 0 Å². The lowest BCUT2D eigenvalue weighted by Crippen LogP contribution is -2.47. The summed E-state index contributed by atoms with van der Waals surface area (Å²) < 4.78 is 13.3. The van der Waals surface area contributed by atoms with Crippen molar-refractivity contribution in [1.82, 2.24) is 4.90 Å². The first-order valence-corrected chi connectivity index (χ1v) is 9.14. The van der Waals surface area contributed by atoms with Gasteiger partial charge in [0.2, 0.25) is 5.91 Å². The van der Waals surface area contributed by atoms with Crippen molar-refractivity contribution in [2.24, 2.45) is 17.6 Å². The first kappa shape index (κ1) is 17.2. The second-order valence-electron chi connectivity index (χ2n) is 7.22. The van der Waals surface area contributed by atoms with Gasteiger partial charge in [0.05, 0.1) is 0 Å². The van der Waals surface area contributed by atoms with E-state index in [0.29, 0.717) is 0 Å². The Morgan fingerprint density at radius 1 is 1.12 bits per heavy atom. The predicted octanol–water partition coefficient (Wildman–Crippen LogP) is 2.63. The monoisotopic (exact) mass is 333 g/mol. The lowest BCUT2D eigenvalue weighted by Gasteiger charge is -2.37. The summed E-state index contributed by atoms with van der Waals surface area (Å²) in [5.41, 5.74) is 6.38. The average Bonchev–Trinajstić information content (AvgIpc) is 2.61. The molecule has 132 valence electrons. The van der Waals surface area contributed by atoms with Crippen LogP contribution in [-0.4, -0.2) is 43.5 Å². The second-order valence-corrected chi connectivity index (χ2v) is 7.22. The summed E-state index contributed by atoms with van der Waals surface area (Å²) in [5, 5.41) is 0. The molecule has 5 heteroatoms. The molecule has 24 heavy (non-hydrogen) atoms. The largest absolute Gasteiger partial charge is 0.369 e. The Labute approximate surface area is 143 Å². The zero-order chi connectivity index (χ0) is 16.9. The molecular weight excluding hydrogens is 305 g/mol. The lowest BCUT2D eigenvalue weighted by atomic mass is 9.80. The molecule has 2 N–H and O–H groups in total. The fourth-order valence-electron chi connectivity index (χ4n) is 4.00. The number of carbonyl (C=O) groups excluding carboxylic acids is 1. The van der Waals surface area contributed by atoms with Crippen LogP contribution in [0.2, 0.25) is 0 Å². The SMILES string of the molecule is NC(=O)C1CCC(CCN2CCN(c3cccc(F)c3)CC2)CC1. The number of hydrogen-bond acceptors (Lipinski definition) is 3. The van der Waals surface area contributed by atoms with E-state index in [1.165, 1.54) is 12.5 Å². The van der Waals surface area contributed by atoms with Gasteiger partial charge in [-0.2, -0.15) is 0 Å². The number of primary amides is 1. The molecule has 1 saturated carbocycles. The van der Waals surface area contributed by atoms with Crippen LogP contribution in [0, 0.1) is 17.7 Å². The summed E-state index contributed by atoms with van der Waals surface area (Å²) in [6.45, 7) is 5.11. The van der Waals surface area contributed by atoms with E-state index >= 15 is 0 Å². The highest BCUT2D eigenvalue weighted by molar-refractivity contribution is 5.76. The van der Waals surface area contributed by atoms with Gasteiger partial charge in [-0.25, -0.2) is 4.39 Å². The fraction of sp³-hybridized carbons (Fsp3) is 0.632. The minimum atomic E-state index is -0.165. The van der Waals surface area contributed by atoms with Crippen molar-refractivity contribution >= 4 is 11.6 Å². The summed E-state index contributed by atoms with van der Waals surface area (Å²) in [7, 11) is 0. The molecule has 1 aromatic carbocycles. The van der Waals surface area contributed by atoms with E-state index in [1.807, 2.05) is 6.07 Å². The highest BCUT2D eigenvalue weighted by Crippen LogP contribution is 2.30. The fourth-order valence-corrected chi connectivity index (χ4v) is 4.00. The van der Waals surface area contributed by atoms with E-state index < -0.39 is 0 Å². The van der Waals surface area contributed by atoms with E-state index in [2.05, 4.69) is 9.80 Å². The van der Waals surface area contributed by atoms with Crippen LogP contribution in [0.4, 0.5) is 10.1 Å². The summed E-state index contributed by atoms with van der Waals surface area (Å²) in [6.07, 6.45) is 5.42. The molecule has 0 unspecified atom stereocenters. The molecule has 1 aliphatic heterocycles. The van der Waals surface area contributed by atoms with E-state index in [9.17, 15) is 9.18 Å². The van der Waals surface area contributed by atoms with Gasteiger partial charge in [-0.05, 0) is 62.8 Å². The van der Waals surface area contributed by atoms with Gasteiger partial charge in [0.25, 0.3) is 0 Å². The van der Waals surface area contributed by atoms with Gasteiger partial charge in [-0.15, -0.1) is 0 Å². The number of carbonyl (C=O) groups is 1. The van der Waals surface area contributed by atoms with E-state index in [1.54, 1.807) is 12.1 Å². The number of amides is 1. The molecule has 0 atom stereocenters. The Bertz CT molecular complexity index is 549. The highest BCUT2D eigenvalue weighted by atomic mass is 19.1. The van der Waals surface area contributed by atoms with Crippen LogP contribution in [0.5, 0.6) is 0 Å². The van der Waals surface area contributed by atoms with Gasteiger partial charge >= 0.3 is 0 Å². The Kier molecular flexibility index (Phi) is 5.72. The molecule has 1 aromatic rings. The van der Waals surface area contributed by atoms with Crippen molar-refractivity contribution in [3.05, 3.63) is 30.1 Å². The van der Waals surface area contributed by atoms with Crippen LogP contribution in [0.1, 0.15) is 32.1 Å². The van der Waals surface area contributed by atoms with E-state index in [4.69, 9.17) is 5.73 Å². The number of nitrogens with two attached hydrogens (primary N) is 1. The lowest BCUT2D eigenvalue weighted by molar-refractivity contribution is -0.123. The molecule has 4 nitrogen and oxygen atoms in total. The molecule has 0 radical (unpaired) electrons. The van der Waals surface area contributed by atoms with Gasteiger partial charge < -0.3 is 10.6 Å². The Balaban J connectivity index is 1.38. The maximum Gasteiger partial charge on any atom is 0.220 e. The van der Waals surface area contributed by atoms with Gasteiger partial charge in [-0.3, -0.25) is 9.69 Å². The maximum atomic E-state index is 13.3. The number of piperazine rings is 1. The molecule has 3 rings (SSSR count). The Hall–Kier alpha value is -1.62. The van der Waals surface area contributed by atoms with Crippen molar-refractivity contribution in [2.75, 3.05) is 37.6 Å². The van der Waals surface area contributed by atoms with Crippen molar-refractivity contribution in [3.8, 4) is 0 Å². The van der Waals surface area contributed by atoms with Crippen LogP contribution in [0.25, 0.3) is 0 Å². The van der Waals surface area contributed by atoms with E-state index in [0.717, 1.165) is 70.0 Å². The number of rotatable bonds is 5. The average molecular weight is 333 g/mol. The smallest absolute Gasteiger partial charge is 0.220 e. The molecule has 1 amide bonds. The summed E-state index contributed by atoms with van der Waals surface area (Å²) in [4.78, 5) is 16.0. The molecule has 1 heterocycles. The molecule has 1 saturated heterocycles. The first-order chi connectivity index (χ1) is 11.6. The van der Waals surface area contributed by atoms with Gasteiger partial charge in [-0.1, -0.05) is 6.07 Å². The van der Waals surface area contributed by atoms with E-state index in [-0.39, 0.29) is 17.6 Å². The number of nitrogens with zero attached hydrogens (tertiary/aromatic N) is 2. The van der Waals surface area contributed by atoms with Crippen LogP contribution in [-0.2, 0) is 4.79 Å². The van der Waals surface area contributed by atoms with Crippen LogP contribution < -0.4 is 10.6 Å². The Morgan fingerprint density at radius 3 is 2.46 bits per heavy atom. The third kappa shape index (κ3) is 4.47. The molecule has 0 bridgehead atoms. The van der Waals surface area contributed by atoms with Gasteiger partial charge in [0.15, 0.2) is 0 Å². The predicted molar refractivity (Wildman–Crippen MR) is 94.3 cm³/mol. The summed E-state index contributed by atoms with van der Waals surface area (Å²) in [6, 6.07) is 6.87. The Morgan fingerprint density at radius 2 is 1.83 bits per heavy atom. The first-order valence-electron chi connectivity index (χ1n) is 9.14. The summed E-state index contributed by atoms with van der Waals surface area (Å²) in [5.74, 6) is 0.557. The standard InChI is InChI=1S/C19H28FN3O/c20-17-2-1-3-18(14-17)23-12-10-22(11-13-23)9-8-15-4-6-16(7-5-15)19(21)24/h1-3,14-16H,4-13H2,(H2,21,24).